The van der Waals surface area contributed by atoms with Gasteiger partial charge in [-0.15, -0.1) is 0 Å². The van der Waals surface area contributed by atoms with Crippen LogP contribution < -0.4 is 4.74 Å². The van der Waals surface area contributed by atoms with E-state index in [0.717, 1.165) is 0 Å². The van der Waals surface area contributed by atoms with E-state index in [9.17, 15) is 4.79 Å². The second-order valence-electron chi connectivity index (χ2n) is 2.70. The number of para-hydroxylation sites is 1. The van der Waals surface area contributed by atoms with Crippen LogP contribution in [0.5, 0.6) is 5.75 Å². The Morgan fingerprint density at radius 1 is 1.43 bits per heavy atom. The summed E-state index contributed by atoms with van der Waals surface area (Å²) >= 11 is 0. The van der Waals surface area contributed by atoms with Crippen molar-refractivity contribution in [1.82, 2.24) is 0 Å². The van der Waals surface area contributed by atoms with Gasteiger partial charge in [-0.05, 0) is 19.1 Å². The average molecular weight is 196 g/mol. The van der Waals surface area contributed by atoms with Gasteiger partial charge in [0, 0.05) is 0 Å². The molecule has 0 fully saturated rings. The van der Waals surface area contributed by atoms with E-state index in [1.54, 1.807) is 19.1 Å². The molecule has 76 valence electrons. The van der Waals surface area contributed by atoms with Crippen molar-refractivity contribution >= 4 is 5.97 Å². The molecule has 1 aromatic rings. The zero-order chi connectivity index (χ0) is 10.4. The molecule has 0 amide bonds. The fourth-order valence-electron chi connectivity index (χ4n) is 0.913. The van der Waals surface area contributed by atoms with Crippen LogP contribution in [0.15, 0.2) is 30.3 Å². The number of hydrogen-bond donors (Lipinski definition) is 1. The van der Waals surface area contributed by atoms with Gasteiger partial charge in [-0.3, -0.25) is 0 Å². The van der Waals surface area contributed by atoms with E-state index < -0.39 is 12.3 Å². The molecular weight excluding hydrogens is 184 g/mol. The number of carboxylic acid groups (broad SMARTS) is 1. The highest BCUT2D eigenvalue weighted by molar-refractivity contribution is 5.67. The number of benzene rings is 1. The van der Waals surface area contributed by atoms with Gasteiger partial charge in [0.15, 0.2) is 6.29 Å². The lowest BCUT2D eigenvalue weighted by atomic mass is 10.3. The molecule has 1 atom stereocenters. The first-order valence-corrected chi connectivity index (χ1v) is 4.23. The molecule has 0 bridgehead atoms. The second-order valence-corrected chi connectivity index (χ2v) is 2.70. The molecule has 0 aliphatic rings. The molecule has 14 heavy (non-hydrogen) atoms. The standard InChI is InChI=1S/C10H12O4/c1-8(13-7-10(11)12)14-9-5-3-2-4-6-9/h2-6,8H,7H2,1H3,(H,11,12). The molecule has 0 saturated heterocycles. The Labute approximate surface area is 82.1 Å². The minimum absolute atomic E-state index is 0.353. The lowest BCUT2D eigenvalue weighted by Gasteiger charge is -2.13. The monoisotopic (exact) mass is 196 g/mol. The van der Waals surface area contributed by atoms with Crippen LogP contribution in [0, 0.1) is 0 Å². The van der Waals surface area contributed by atoms with Crippen LogP contribution in [0.4, 0.5) is 0 Å². The predicted molar refractivity (Wildman–Crippen MR) is 50.1 cm³/mol. The predicted octanol–water partition coefficient (Wildman–Crippen LogP) is 1.51. The quantitative estimate of drug-likeness (QED) is 0.725. The number of aliphatic carboxylic acids is 1. The van der Waals surface area contributed by atoms with Crippen molar-refractivity contribution in [2.24, 2.45) is 0 Å². The van der Waals surface area contributed by atoms with Crippen molar-refractivity contribution in [2.75, 3.05) is 6.61 Å². The Morgan fingerprint density at radius 2 is 2.07 bits per heavy atom. The van der Waals surface area contributed by atoms with Crippen molar-refractivity contribution in [3.05, 3.63) is 30.3 Å². The summed E-state index contributed by atoms with van der Waals surface area (Å²) in [6.07, 6.45) is -0.562. The van der Waals surface area contributed by atoms with E-state index in [1.807, 2.05) is 18.2 Å². The van der Waals surface area contributed by atoms with Crippen LogP contribution in [0.3, 0.4) is 0 Å². The third-order valence-electron chi connectivity index (χ3n) is 1.49. The lowest BCUT2D eigenvalue weighted by Crippen LogP contribution is -2.20. The average Bonchev–Trinajstić information content (AvgIpc) is 2.16. The lowest BCUT2D eigenvalue weighted by molar-refractivity contribution is -0.151. The number of ether oxygens (including phenoxy) is 2. The fraction of sp³-hybridized carbons (Fsp3) is 0.300. The summed E-state index contributed by atoms with van der Waals surface area (Å²) in [5.41, 5.74) is 0. The summed E-state index contributed by atoms with van der Waals surface area (Å²) in [6.45, 7) is 1.30. The van der Waals surface area contributed by atoms with Gasteiger partial charge >= 0.3 is 5.97 Å². The molecule has 0 spiro atoms. The number of hydrogen-bond acceptors (Lipinski definition) is 3. The molecule has 1 N–H and O–H groups in total. The van der Waals surface area contributed by atoms with Crippen molar-refractivity contribution < 1.29 is 19.4 Å². The van der Waals surface area contributed by atoms with Crippen LogP contribution in [-0.4, -0.2) is 24.0 Å². The molecule has 4 heteroatoms. The highest BCUT2D eigenvalue weighted by Gasteiger charge is 2.05. The minimum atomic E-state index is -1.01. The van der Waals surface area contributed by atoms with E-state index in [1.165, 1.54) is 0 Å². The molecule has 0 saturated carbocycles. The fourth-order valence-corrected chi connectivity index (χ4v) is 0.913. The van der Waals surface area contributed by atoms with E-state index >= 15 is 0 Å². The zero-order valence-corrected chi connectivity index (χ0v) is 7.84. The van der Waals surface area contributed by atoms with Gasteiger partial charge in [0.1, 0.15) is 12.4 Å². The van der Waals surface area contributed by atoms with Crippen molar-refractivity contribution in [3.8, 4) is 5.75 Å². The van der Waals surface area contributed by atoms with E-state index in [0.29, 0.717) is 5.75 Å². The topological polar surface area (TPSA) is 55.8 Å². The summed E-state index contributed by atoms with van der Waals surface area (Å²) in [7, 11) is 0. The maximum atomic E-state index is 10.2. The van der Waals surface area contributed by atoms with Crippen LogP contribution in [0.1, 0.15) is 6.92 Å². The van der Waals surface area contributed by atoms with Gasteiger partial charge in [0.25, 0.3) is 0 Å². The molecule has 0 aromatic heterocycles. The second kappa shape index (κ2) is 5.24. The van der Waals surface area contributed by atoms with Crippen molar-refractivity contribution in [3.63, 3.8) is 0 Å². The third kappa shape index (κ3) is 3.91. The highest BCUT2D eigenvalue weighted by atomic mass is 16.7. The van der Waals surface area contributed by atoms with Crippen LogP contribution in [0.2, 0.25) is 0 Å². The first-order valence-electron chi connectivity index (χ1n) is 4.23. The summed E-state index contributed by atoms with van der Waals surface area (Å²) in [5, 5.41) is 8.35. The Hall–Kier alpha value is -1.55. The van der Waals surface area contributed by atoms with E-state index in [-0.39, 0.29) is 6.61 Å². The van der Waals surface area contributed by atoms with Gasteiger partial charge in [0.2, 0.25) is 0 Å². The van der Waals surface area contributed by atoms with Gasteiger partial charge in [-0.25, -0.2) is 4.79 Å². The minimum Gasteiger partial charge on any atom is -0.480 e. The highest BCUT2D eigenvalue weighted by Crippen LogP contribution is 2.10. The summed E-state index contributed by atoms with van der Waals surface area (Å²) in [5.74, 6) is -0.348. The molecule has 0 aliphatic carbocycles. The SMILES string of the molecule is CC(OCC(=O)O)Oc1ccccc1. The normalized spacial score (nSPS) is 12.1. The van der Waals surface area contributed by atoms with Gasteiger partial charge in [-0.1, -0.05) is 18.2 Å². The Morgan fingerprint density at radius 3 is 2.64 bits per heavy atom. The van der Waals surface area contributed by atoms with Gasteiger partial charge in [0.05, 0.1) is 0 Å². The zero-order valence-electron chi connectivity index (χ0n) is 7.84. The maximum absolute atomic E-state index is 10.2. The molecule has 0 aliphatic heterocycles. The van der Waals surface area contributed by atoms with Crippen LogP contribution in [-0.2, 0) is 9.53 Å². The summed E-state index contributed by atoms with van der Waals surface area (Å²) in [6, 6.07) is 9.09. The Bertz CT molecular complexity index is 283. The maximum Gasteiger partial charge on any atom is 0.329 e. The molecule has 0 heterocycles. The van der Waals surface area contributed by atoms with E-state index in [4.69, 9.17) is 14.6 Å². The summed E-state index contributed by atoms with van der Waals surface area (Å²) < 4.78 is 10.2. The molecule has 1 unspecified atom stereocenters. The smallest absolute Gasteiger partial charge is 0.329 e. The largest absolute Gasteiger partial charge is 0.480 e. The third-order valence-corrected chi connectivity index (χ3v) is 1.49. The Balaban J connectivity index is 2.34. The Kier molecular flexibility index (Phi) is 3.94. The molecular formula is C10H12O4. The van der Waals surface area contributed by atoms with E-state index in [2.05, 4.69) is 0 Å². The van der Waals surface area contributed by atoms with Crippen molar-refractivity contribution in [1.29, 1.82) is 0 Å². The molecule has 0 radical (unpaired) electrons. The summed E-state index contributed by atoms with van der Waals surface area (Å²) in [4.78, 5) is 10.2. The number of rotatable bonds is 5. The van der Waals surface area contributed by atoms with Gasteiger partial charge in [-0.2, -0.15) is 0 Å². The molecule has 4 nitrogen and oxygen atoms in total. The van der Waals surface area contributed by atoms with Crippen LogP contribution >= 0.6 is 0 Å². The number of carboxylic acids is 1. The van der Waals surface area contributed by atoms with Crippen molar-refractivity contribution in [2.45, 2.75) is 13.2 Å². The number of carbonyl (C=O) groups is 1. The van der Waals surface area contributed by atoms with Gasteiger partial charge < -0.3 is 14.6 Å². The molecule has 1 rings (SSSR count). The molecule has 1 aromatic carbocycles. The van der Waals surface area contributed by atoms with Crippen LogP contribution in [0.25, 0.3) is 0 Å². The first kappa shape index (κ1) is 10.5. The first-order chi connectivity index (χ1) is 6.68.